The average Bonchev–Trinajstić information content (AvgIpc) is 2.83. The van der Waals surface area contributed by atoms with Gasteiger partial charge in [0.1, 0.15) is 6.04 Å². The molecule has 33 heavy (non-hydrogen) atoms. The molecule has 0 fully saturated rings. The summed E-state index contributed by atoms with van der Waals surface area (Å²) < 4.78 is 0. The molecule has 4 amide bonds. The van der Waals surface area contributed by atoms with Gasteiger partial charge in [0.05, 0.1) is 11.3 Å². The monoisotopic (exact) mass is 444 g/mol. The number of nitrogens with one attached hydrogen (secondary N) is 4. The molecule has 0 spiro atoms. The van der Waals surface area contributed by atoms with Crippen LogP contribution in [0, 0.1) is 6.92 Å². The number of benzene rings is 3. The van der Waals surface area contributed by atoms with Crippen molar-refractivity contribution in [2.24, 2.45) is 0 Å². The number of hydrazine groups is 1. The number of para-hydroxylation sites is 1. The quantitative estimate of drug-likeness (QED) is 0.438. The topological polar surface area (TPSA) is 116 Å². The van der Waals surface area contributed by atoms with E-state index in [0.29, 0.717) is 16.8 Å². The highest BCUT2D eigenvalue weighted by Crippen LogP contribution is 2.17. The van der Waals surface area contributed by atoms with Crippen molar-refractivity contribution < 1.29 is 19.2 Å². The van der Waals surface area contributed by atoms with Gasteiger partial charge in [-0.25, -0.2) is 0 Å². The molecule has 0 aliphatic carbocycles. The Morgan fingerprint density at radius 2 is 1.27 bits per heavy atom. The van der Waals surface area contributed by atoms with Crippen molar-refractivity contribution in [2.45, 2.75) is 19.9 Å². The first-order valence-electron chi connectivity index (χ1n) is 10.3. The normalized spacial score (nSPS) is 11.1. The highest BCUT2D eigenvalue weighted by Gasteiger charge is 2.20. The second-order valence-electron chi connectivity index (χ2n) is 7.37. The Bertz CT molecular complexity index is 1160. The van der Waals surface area contributed by atoms with E-state index >= 15 is 0 Å². The maximum absolute atomic E-state index is 12.8. The van der Waals surface area contributed by atoms with Crippen molar-refractivity contribution in [2.75, 3.05) is 5.32 Å². The standard InChI is InChI=1S/C25H24N4O4/c1-16-12-14-19(15-13-16)23(31)27-21-11-7-6-10-20(21)25(33)26-17(2)22(30)28-29-24(32)18-8-4-3-5-9-18/h3-15,17H,1-2H3,(H,26,33)(H,27,31)(H,28,30)(H,29,32)/t17-/m1/s1. The first-order chi connectivity index (χ1) is 15.8. The van der Waals surface area contributed by atoms with Crippen LogP contribution in [0.2, 0.25) is 0 Å². The molecule has 0 radical (unpaired) electrons. The van der Waals surface area contributed by atoms with Gasteiger partial charge in [-0.15, -0.1) is 0 Å². The van der Waals surface area contributed by atoms with Crippen LogP contribution in [-0.4, -0.2) is 29.7 Å². The summed E-state index contributed by atoms with van der Waals surface area (Å²) >= 11 is 0. The van der Waals surface area contributed by atoms with Gasteiger partial charge in [-0.3, -0.25) is 30.0 Å². The summed E-state index contributed by atoms with van der Waals surface area (Å²) in [5, 5.41) is 5.30. The zero-order valence-corrected chi connectivity index (χ0v) is 18.2. The molecule has 0 unspecified atom stereocenters. The largest absolute Gasteiger partial charge is 0.340 e. The minimum atomic E-state index is -0.950. The first kappa shape index (κ1) is 23.2. The first-order valence-corrected chi connectivity index (χ1v) is 10.3. The fraction of sp³-hybridized carbons (Fsp3) is 0.120. The van der Waals surface area contributed by atoms with E-state index in [0.717, 1.165) is 5.56 Å². The molecule has 3 rings (SSSR count). The Morgan fingerprint density at radius 1 is 0.667 bits per heavy atom. The number of aryl methyl sites for hydroxylation is 1. The summed E-state index contributed by atoms with van der Waals surface area (Å²) in [4.78, 5) is 49.7. The Hall–Kier alpha value is -4.46. The van der Waals surface area contributed by atoms with Gasteiger partial charge in [0, 0.05) is 11.1 Å². The summed E-state index contributed by atoms with van der Waals surface area (Å²) in [6, 6.07) is 21.0. The van der Waals surface area contributed by atoms with Crippen molar-refractivity contribution in [1.29, 1.82) is 0 Å². The fourth-order valence-corrected chi connectivity index (χ4v) is 2.92. The fourth-order valence-electron chi connectivity index (χ4n) is 2.92. The molecule has 0 saturated heterocycles. The minimum absolute atomic E-state index is 0.200. The van der Waals surface area contributed by atoms with E-state index in [1.807, 2.05) is 19.1 Å². The minimum Gasteiger partial charge on any atom is -0.340 e. The number of hydrogen-bond acceptors (Lipinski definition) is 4. The lowest BCUT2D eigenvalue weighted by Crippen LogP contribution is -2.51. The van der Waals surface area contributed by atoms with Gasteiger partial charge >= 0.3 is 0 Å². The van der Waals surface area contributed by atoms with Gasteiger partial charge < -0.3 is 10.6 Å². The van der Waals surface area contributed by atoms with Gasteiger partial charge in [0.15, 0.2) is 0 Å². The third kappa shape index (κ3) is 6.27. The zero-order valence-electron chi connectivity index (χ0n) is 18.2. The molecular weight excluding hydrogens is 420 g/mol. The number of anilines is 1. The molecule has 0 aliphatic heterocycles. The average molecular weight is 444 g/mol. The van der Waals surface area contributed by atoms with E-state index in [4.69, 9.17) is 0 Å². The van der Waals surface area contributed by atoms with Crippen LogP contribution < -0.4 is 21.5 Å². The van der Waals surface area contributed by atoms with Crippen LogP contribution in [0.1, 0.15) is 43.6 Å². The zero-order chi connectivity index (χ0) is 23.8. The lowest BCUT2D eigenvalue weighted by Gasteiger charge is -2.16. The van der Waals surface area contributed by atoms with E-state index in [1.165, 1.54) is 6.92 Å². The van der Waals surface area contributed by atoms with Crippen molar-refractivity contribution in [3.05, 3.63) is 101 Å². The molecule has 8 nitrogen and oxygen atoms in total. The molecule has 3 aromatic rings. The summed E-state index contributed by atoms with van der Waals surface area (Å²) in [6.45, 7) is 3.40. The number of carbonyl (C=O) groups is 4. The van der Waals surface area contributed by atoms with Crippen LogP contribution in [0.5, 0.6) is 0 Å². The van der Waals surface area contributed by atoms with Crippen LogP contribution in [0.15, 0.2) is 78.9 Å². The third-order valence-corrected chi connectivity index (χ3v) is 4.81. The van der Waals surface area contributed by atoms with Crippen LogP contribution in [0.25, 0.3) is 0 Å². The Kier molecular flexibility index (Phi) is 7.54. The molecule has 0 aliphatic rings. The number of hydrogen-bond donors (Lipinski definition) is 4. The SMILES string of the molecule is Cc1ccc(C(=O)Nc2ccccc2C(=O)N[C@H](C)C(=O)NNC(=O)c2ccccc2)cc1. The number of amides is 4. The second-order valence-corrected chi connectivity index (χ2v) is 7.37. The lowest BCUT2D eigenvalue weighted by atomic mass is 10.1. The van der Waals surface area contributed by atoms with Gasteiger partial charge in [-0.2, -0.15) is 0 Å². The second kappa shape index (κ2) is 10.7. The Labute approximate surface area is 191 Å². The molecular formula is C25H24N4O4. The number of carbonyl (C=O) groups excluding carboxylic acids is 4. The molecule has 4 N–H and O–H groups in total. The molecule has 168 valence electrons. The van der Waals surface area contributed by atoms with Crippen molar-refractivity contribution in [1.82, 2.24) is 16.2 Å². The van der Waals surface area contributed by atoms with E-state index in [-0.39, 0.29) is 11.5 Å². The van der Waals surface area contributed by atoms with E-state index in [9.17, 15) is 19.2 Å². The summed E-state index contributed by atoms with van der Waals surface area (Å²) in [5.41, 5.74) is 6.97. The predicted octanol–water partition coefficient (Wildman–Crippen LogP) is 2.83. The van der Waals surface area contributed by atoms with Crippen LogP contribution in [0.3, 0.4) is 0 Å². The van der Waals surface area contributed by atoms with E-state index in [1.54, 1.807) is 66.7 Å². The molecule has 0 aromatic heterocycles. The summed E-state index contributed by atoms with van der Waals surface area (Å²) in [7, 11) is 0. The van der Waals surface area contributed by atoms with Gasteiger partial charge in [-0.05, 0) is 50.2 Å². The maximum Gasteiger partial charge on any atom is 0.269 e. The van der Waals surface area contributed by atoms with E-state index < -0.39 is 23.8 Å². The highest BCUT2D eigenvalue weighted by molar-refractivity contribution is 6.09. The summed E-state index contributed by atoms with van der Waals surface area (Å²) in [5.74, 6) is -1.99. The predicted molar refractivity (Wildman–Crippen MR) is 125 cm³/mol. The van der Waals surface area contributed by atoms with Gasteiger partial charge in [0.25, 0.3) is 23.6 Å². The highest BCUT2D eigenvalue weighted by atomic mass is 16.2. The Balaban J connectivity index is 1.60. The van der Waals surface area contributed by atoms with Crippen molar-refractivity contribution in [3.8, 4) is 0 Å². The molecule has 0 bridgehead atoms. The molecule has 8 heteroatoms. The summed E-state index contributed by atoms with van der Waals surface area (Å²) in [6.07, 6.45) is 0. The van der Waals surface area contributed by atoms with Crippen LogP contribution in [-0.2, 0) is 4.79 Å². The van der Waals surface area contributed by atoms with Crippen LogP contribution >= 0.6 is 0 Å². The van der Waals surface area contributed by atoms with Gasteiger partial charge in [-0.1, -0.05) is 48.0 Å². The smallest absolute Gasteiger partial charge is 0.269 e. The van der Waals surface area contributed by atoms with Crippen molar-refractivity contribution >= 4 is 29.3 Å². The van der Waals surface area contributed by atoms with E-state index in [2.05, 4.69) is 21.5 Å². The number of rotatable bonds is 6. The third-order valence-electron chi connectivity index (χ3n) is 4.81. The maximum atomic E-state index is 12.8. The molecule has 3 aromatic carbocycles. The van der Waals surface area contributed by atoms with Crippen LogP contribution in [0.4, 0.5) is 5.69 Å². The molecule has 0 heterocycles. The molecule has 1 atom stereocenters. The van der Waals surface area contributed by atoms with Gasteiger partial charge in [0.2, 0.25) is 0 Å². The Morgan fingerprint density at radius 3 is 1.97 bits per heavy atom. The molecule has 0 saturated carbocycles. The lowest BCUT2D eigenvalue weighted by molar-refractivity contribution is -0.123. The van der Waals surface area contributed by atoms with Crippen molar-refractivity contribution in [3.63, 3.8) is 0 Å².